The quantitative estimate of drug-likeness (QED) is 0.580. The fourth-order valence-corrected chi connectivity index (χ4v) is 5.33. The van der Waals surface area contributed by atoms with Gasteiger partial charge in [0.25, 0.3) is 5.91 Å². The molecular formula is C21H28N4O3S. The van der Waals surface area contributed by atoms with Gasteiger partial charge in [-0.05, 0) is 70.9 Å². The lowest BCUT2D eigenvalue weighted by atomic mass is 10.2. The number of aryl methyl sites for hydroxylation is 1. The first kappa shape index (κ1) is 21.3. The monoisotopic (exact) mass is 416 g/mol. The Bertz CT molecular complexity index is 1010. The molecule has 0 radical (unpaired) electrons. The summed E-state index contributed by atoms with van der Waals surface area (Å²) in [6, 6.07) is 8.35. The van der Waals surface area contributed by atoms with Crippen LogP contribution >= 0.6 is 0 Å². The SMILES string of the molecule is Cc1cc(/C=N\NC(=O)c2ccc(S(=O)(=O)N3CCCC3)cc2)c(C)n1C(C)C. The van der Waals surface area contributed by atoms with Gasteiger partial charge >= 0.3 is 0 Å². The van der Waals surface area contributed by atoms with Crippen LogP contribution in [-0.2, 0) is 10.0 Å². The first-order valence-corrected chi connectivity index (χ1v) is 11.3. The fourth-order valence-electron chi connectivity index (χ4n) is 3.81. The normalized spacial score (nSPS) is 15.5. The predicted octanol–water partition coefficient (Wildman–Crippen LogP) is 3.23. The number of rotatable bonds is 6. The molecule has 0 unspecified atom stereocenters. The third-order valence-electron chi connectivity index (χ3n) is 5.23. The molecule has 1 aliphatic heterocycles. The van der Waals surface area contributed by atoms with E-state index < -0.39 is 10.0 Å². The van der Waals surface area contributed by atoms with E-state index in [1.165, 1.54) is 28.6 Å². The summed E-state index contributed by atoms with van der Waals surface area (Å²) in [6.45, 7) is 9.41. The number of carbonyl (C=O) groups is 1. The van der Waals surface area contributed by atoms with Gasteiger partial charge in [-0.2, -0.15) is 9.41 Å². The average Bonchev–Trinajstić information content (AvgIpc) is 3.31. The minimum Gasteiger partial charge on any atom is -0.346 e. The van der Waals surface area contributed by atoms with E-state index in [0.29, 0.717) is 24.7 Å². The first-order valence-electron chi connectivity index (χ1n) is 9.84. The lowest BCUT2D eigenvalue weighted by Gasteiger charge is -2.15. The van der Waals surface area contributed by atoms with Crippen molar-refractivity contribution in [3.8, 4) is 0 Å². The Kier molecular flexibility index (Phi) is 6.24. The number of hydrazone groups is 1. The van der Waals surface area contributed by atoms with Crippen molar-refractivity contribution >= 4 is 22.1 Å². The zero-order chi connectivity index (χ0) is 21.2. The van der Waals surface area contributed by atoms with Crippen LogP contribution in [0.1, 0.15) is 60.0 Å². The van der Waals surface area contributed by atoms with E-state index in [2.05, 4.69) is 28.9 Å². The van der Waals surface area contributed by atoms with Crippen molar-refractivity contribution in [2.75, 3.05) is 13.1 Å². The Labute approximate surface area is 172 Å². The molecule has 3 rings (SSSR count). The highest BCUT2D eigenvalue weighted by molar-refractivity contribution is 7.89. The molecule has 2 aromatic rings. The molecule has 1 amide bonds. The summed E-state index contributed by atoms with van der Waals surface area (Å²) >= 11 is 0. The van der Waals surface area contributed by atoms with Crippen molar-refractivity contribution in [3.63, 3.8) is 0 Å². The molecule has 7 nitrogen and oxygen atoms in total. The van der Waals surface area contributed by atoms with Gasteiger partial charge < -0.3 is 4.57 Å². The van der Waals surface area contributed by atoms with Crippen LogP contribution in [-0.4, -0.2) is 42.5 Å². The molecule has 156 valence electrons. The number of amides is 1. The summed E-state index contributed by atoms with van der Waals surface area (Å²) < 4.78 is 28.8. The van der Waals surface area contributed by atoms with Crippen LogP contribution in [0.15, 0.2) is 40.3 Å². The zero-order valence-corrected chi connectivity index (χ0v) is 18.2. The summed E-state index contributed by atoms with van der Waals surface area (Å²) in [5, 5.41) is 4.06. The molecule has 1 saturated heterocycles. The summed E-state index contributed by atoms with van der Waals surface area (Å²) in [6.07, 6.45) is 3.40. The highest BCUT2D eigenvalue weighted by atomic mass is 32.2. The Hall–Kier alpha value is -2.45. The highest BCUT2D eigenvalue weighted by Crippen LogP contribution is 2.21. The molecular weight excluding hydrogens is 388 g/mol. The number of nitrogens with one attached hydrogen (secondary N) is 1. The molecule has 0 saturated carbocycles. The summed E-state index contributed by atoms with van der Waals surface area (Å²) in [4.78, 5) is 12.5. The van der Waals surface area contributed by atoms with Gasteiger partial charge in [-0.1, -0.05) is 0 Å². The zero-order valence-electron chi connectivity index (χ0n) is 17.3. The van der Waals surface area contributed by atoms with E-state index in [9.17, 15) is 13.2 Å². The van der Waals surface area contributed by atoms with Crippen LogP contribution in [0.3, 0.4) is 0 Å². The van der Waals surface area contributed by atoms with Crippen molar-refractivity contribution in [3.05, 3.63) is 52.8 Å². The second-order valence-electron chi connectivity index (χ2n) is 7.62. The standard InChI is InChI=1S/C21H28N4O3S/c1-15(2)25-16(3)13-19(17(25)4)14-22-23-21(26)18-7-9-20(10-8-18)29(27,28)24-11-5-6-12-24/h7-10,13-15H,5-6,11-12H2,1-4H3,(H,23,26)/b22-14-. The van der Waals surface area contributed by atoms with Gasteiger partial charge in [-0.15, -0.1) is 0 Å². The minimum atomic E-state index is -3.48. The molecule has 29 heavy (non-hydrogen) atoms. The van der Waals surface area contributed by atoms with E-state index in [1.54, 1.807) is 6.21 Å². The average molecular weight is 417 g/mol. The number of hydrogen-bond acceptors (Lipinski definition) is 4. The third kappa shape index (κ3) is 4.43. The van der Waals surface area contributed by atoms with Crippen molar-refractivity contribution in [1.29, 1.82) is 0 Å². The van der Waals surface area contributed by atoms with E-state index in [1.807, 2.05) is 19.9 Å². The van der Waals surface area contributed by atoms with Gasteiger partial charge in [0.05, 0.1) is 11.1 Å². The van der Waals surface area contributed by atoms with Gasteiger partial charge in [0.15, 0.2) is 0 Å². The number of nitrogens with zero attached hydrogens (tertiary/aromatic N) is 3. The maximum absolute atomic E-state index is 12.6. The minimum absolute atomic E-state index is 0.209. The number of sulfonamides is 1. The fraction of sp³-hybridized carbons (Fsp3) is 0.429. The number of benzene rings is 1. The van der Waals surface area contributed by atoms with E-state index in [0.717, 1.165) is 29.8 Å². The number of hydrogen-bond donors (Lipinski definition) is 1. The van der Waals surface area contributed by atoms with E-state index >= 15 is 0 Å². The summed E-state index contributed by atoms with van der Waals surface area (Å²) in [5.41, 5.74) is 6.04. The van der Waals surface area contributed by atoms with Gasteiger partial charge in [-0.25, -0.2) is 13.8 Å². The van der Waals surface area contributed by atoms with E-state index in [-0.39, 0.29) is 10.8 Å². The molecule has 8 heteroatoms. The molecule has 0 bridgehead atoms. The Morgan fingerprint density at radius 3 is 2.31 bits per heavy atom. The van der Waals surface area contributed by atoms with E-state index in [4.69, 9.17) is 0 Å². The molecule has 1 aliphatic rings. The maximum atomic E-state index is 12.6. The molecule has 1 fully saturated rings. The van der Waals surface area contributed by atoms with Crippen LogP contribution in [0.2, 0.25) is 0 Å². The second kappa shape index (κ2) is 8.51. The lowest BCUT2D eigenvalue weighted by Crippen LogP contribution is -2.28. The van der Waals surface area contributed by atoms with Crippen molar-refractivity contribution in [2.45, 2.75) is 51.5 Å². The largest absolute Gasteiger partial charge is 0.346 e. The highest BCUT2D eigenvalue weighted by Gasteiger charge is 2.27. The van der Waals surface area contributed by atoms with Gasteiger partial charge in [0, 0.05) is 41.6 Å². The van der Waals surface area contributed by atoms with Crippen molar-refractivity contribution in [1.82, 2.24) is 14.3 Å². The smallest absolute Gasteiger partial charge is 0.271 e. The second-order valence-corrected chi connectivity index (χ2v) is 9.56. The molecule has 0 aliphatic carbocycles. The van der Waals surface area contributed by atoms with Crippen molar-refractivity contribution in [2.24, 2.45) is 5.10 Å². The summed E-state index contributed by atoms with van der Waals surface area (Å²) in [7, 11) is -3.48. The first-order chi connectivity index (χ1) is 13.7. The number of carbonyl (C=O) groups excluding carboxylic acids is 1. The predicted molar refractivity (Wildman–Crippen MR) is 114 cm³/mol. The Balaban J connectivity index is 1.67. The lowest BCUT2D eigenvalue weighted by molar-refractivity contribution is 0.0955. The Morgan fingerprint density at radius 1 is 1.14 bits per heavy atom. The molecule has 1 N–H and O–H groups in total. The molecule has 0 atom stereocenters. The van der Waals surface area contributed by atoms with Crippen LogP contribution in [0.5, 0.6) is 0 Å². The summed E-state index contributed by atoms with van der Waals surface area (Å²) in [5.74, 6) is -0.385. The van der Waals surface area contributed by atoms with Gasteiger partial charge in [-0.3, -0.25) is 4.79 Å². The molecule has 1 aromatic heterocycles. The topological polar surface area (TPSA) is 83.8 Å². The van der Waals surface area contributed by atoms with Crippen molar-refractivity contribution < 1.29 is 13.2 Å². The number of aromatic nitrogens is 1. The molecule has 1 aromatic carbocycles. The molecule has 2 heterocycles. The maximum Gasteiger partial charge on any atom is 0.271 e. The third-order valence-corrected chi connectivity index (χ3v) is 7.14. The van der Waals surface area contributed by atoms with Crippen LogP contribution in [0.25, 0.3) is 0 Å². The molecule has 0 spiro atoms. The van der Waals surface area contributed by atoms with Crippen LogP contribution in [0, 0.1) is 13.8 Å². The van der Waals surface area contributed by atoms with Crippen LogP contribution in [0.4, 0.5) is 0 Å². The van der Waals surface area contributed by atoms with Gasteiger partial charge in [0.1, 0.15) is 0 Å². The van der Waals surface area contributed by atoms with Crippen LogP contribution < -0.4 is 5.43 Å². The van der Waals surface area contributed by atoms with Gasteiger partial charge in [0.2, 0.25) is 10.0 Å². The Morgan fingerprint density at radius 2 is 1.76 bits per heavy atom.